The van der Waals surface area contributed by atoms with E-state index >= 15 is 0 Å². The lowest BCUT2D eigenvalue weighted by Gasteiger charge is -1.97. The van der Waals surface area contributed by atoms with Crippen molar-refractivity contribution in [2.75, 3.05) is 0 Å². The maximum Gasteiger partial charge on any atom is 0.348 e. The Morgan fingerprint density at radius 2 is 2.05 bits per heavy atom. The number of pyridine rings is 1. The summed E-state index contributed by atoms with van der Waals surface area (Å²) in [5.41, 5.74) is 2.97. The molecule has 6 nitrogen and oxygen atoms in total. The van der Waals surface area contributed by atoms with Crippen LogP contribution in [0, 0.1) is 13.8 Å². The summed E-state index contributed by atoms with van der Waals surface area (Å²) in [5, 5.41) is 14.0. The predicted octanol–water partition coefficient (Wildman–Crippen LogP) is 3.10. The SMILES string of the molecule is Cc1noc(C)c1Cc1nc(-c2ccncc2)c(C(=O)O)s1. The number of carbonyl (C=O) groups is 1. The Kier molecular flexibility index (Phi) is 3.72. The van der Waals surface area contributed by atoms with E-state index in [1.54, 1.807) is 24.5 Å². The van der Waals surface area contributed by atoms with Crippen molar-refractivity contribution in [2.45, 2.75) is 20.3 Å². The van der Waals surface area contributed by atoms with Crippen molar-refractivity contribution >= 4 is 17.3 Å². The van der Waals surface area contributed by atoms with Gasteiger partial charge >= 0.3 is 5.97 Å². The number of thiazole rings is 1. The Balaban J connectivity index is 2.03. The van der Waals surface area contributed by atoms with E-state index in [2.05, 4.69) is 15.1 Å². The number of hydrogen-bond acceptors (Lipinski definition) is 6. The van der Waals surface area contributed by atoms with Crippen LogP contribution in [0.3, 0.4) is 0 Å². The largest absolute Gasteiger partial charge is 0.477 e. The number of nitrogens with zero attached hydrogens (tertiary/aromatic N) is 3. The molecule has 7 heteroatoms. The molecule has 3 aromatic heterocycles. The Morgan fingerprint density at radius 1 is 1.32 bits per heavy atom. The van der Waals surface area contributed by atoms with Gasteiger partial charge in [-0.3, -0.25) is 4.98 Å². The third-order valence-electron chi connectivity index (χ3n) is 3.33. The van der Waals surface area contributed by atoms with E-state index in [9.17, 15) is 9.90 Å². The summed E-state index contributed by atoms with van der Waals surface area (Å²) in [6, 6.07) is 3.50. The van der Waals surface area contributed by atoms with Crippen molar-refractivity contribution in [2.24, 2.45) is 0 Å². The molecule has 0 unspecified atom stereocenters. The van der Waals surface area contributed by atoms with Gasteiger partial charge in [0.15, 0.2) is 0 Å². The molecule has 0 saturated heterocycles. The second-order valence-corrected chi connectivity index (χ2v) is 5.89. The summed E-state index contributed by atoms with van der Waals surface area (Å²) in [4.78, 5) is 20.1. The lowest BCUT2D eigenvalue weighted by atomic mass is 10.1. The molecule has 0 aliphatic carbocycles. The fourth-order valence-corrected chi connectivity index (χ4v) is 3.13. The van der Waals surface area contributed by atoms with Crippen LogP contribution in [0.2, 0.25) is 0 Å². The average Bonchev–Trinajstić information content (AvgIpc) is 3.07. The van der Waals surface area contributed by atoms with Crippen LogP contribution >= 0.6 is 11.3 Å². The summed E-state index contributed by atoms with van der Waals surface area (Å²) in [6.07, 6.45) is 3.75. The molecule has 0 aliphatic rings. The number of carboxylic acids is 1. The maximum atomic E-state index is 11.5. The second kappa shape index (κ2) is 5.69. The van der Waals surface area contributed by atoms with Gasteiger partial charge in [-0.25, -0.2) is 9.78 Å². The zero-order valence-corrected chi connectivity index (χ0v) is 12.8. The Morgan fingerprint density at radius 3 is 2.64 bits per heavy atom. The smallest absolute Gasteiger partial charge is 0.348 e. The fraction of sp³-hybridized carbons (Fsp3) is 0.200. The van der Waals surface area contributed by atoms with Crippen LogP contribution < -0.4 is 0 Å². The van der Waals surface area contributed by atoms with Gasteiger partial charge in [-0.05, 0) is 26.0 Å². The van der Waals surface area contributed by atoms with Crippen LogP contribution in [0.25, 0.3) is 11.3 Å². The standard InChI is InChI=1S/C15H13N3O3S/c1-8-11(9(2)21-18-8)7-12-17-13(14(22-12)15(19)20)10-3-5-16-6-4-10/h3-6H,7H2,1-2H3,(H,19,20). The van der Waals surface area contributed by atoms with Crippen LogP contribution in [0.1, 0.15) is 31.7 Å². The van der Waals surface area contributed by atoms with E-state index < -0.39 is 5.97 Å². The zero-order valence-electron chi connectivity index (χ0n) is 12.0. The van der Waals surface area contributed by atoms with E-state index in [0.29, 0.717) is 12.1 Å². The van der Waals surface area contributed by atoms with Crippen molar-refractivity contribution in [3.05, 3.63) is 51.4 Å². The van der Waals surface area contributed by atoms with Gasteiger partial charge < -0.3 is 9.63 Å². The number of hydrogen-bond donors (Lipinski definition) is 1. The highest BCUT2D eigenvalue weighted by Gasteiger charge is 2.20. The first-order valence-electron chi connectivity index (χ1n) is 6.61. The van der Waals surface area contributed by atoms with E-state index in [-0.39, 0.29) is 4.88 Å². The molecule has 0 amide bonds. The summed E-state index contributed by atoms with van der Waals surface area (Å²) >= 11 is 1.18. The summed E-state index contributed by atoms with van der Waals surface area (Å²) in [5.74, 6) is -0.246. The first kappa shape index (κ1) is 14.4. The molecule has 0 spiro atoms. The minimum atomic E-state index is -0.977. The fourth-order valence-electron chi connectivity index (χ4n) is 2.20. The number of rotatable bonds is 4. The number of aromatic carboxylic acids is 1. The van der Waals surface area contributed by atoms with Crippen LogP contribution in [0.4, 0.5) is 0 Å². The molecule has 22 heavy (non-hydrogen) atoms. The van der Waals surface area contributed by atoms with Crippen molar-refractivity contribution in [3.8, 4) is 11.3 Å². The summed E-state index contributed by atoms with van der Waals surface area (Å²) < 4.78 is 5.14. The van der Waals surface area contributed by atoms with Gasteiger partial charge in [-0.15, -0.1) is 11.3 Å². The molecule has 1 N–H and O–H groups in total. The summed E-state index contributed by atoms with van der Waals surface area (Å²) in [7, 11) is 0. The minimum Gasteiger partial charge on any atom is -0.477 e. The van der Waals surface area contributed by atoms with Gasteiger partial charge in [0.2, 0.25) is 0 Å². The molecule has 0 saturated carbocycles. The third kappa shape index (κ3) is 2.62. The van der Waals surface area contributed by atoms with Gasteiger partial charge in [-0.2, -0.15) is 0 Å². The van der Waals surface area contributed by atoms with Crippen molar-refractivity contribution in [1.82, 2.24) is 15.1 Å². The number of aromatic nitrogens is 3. The number of carboxylic acid groups (broad SMARTS) is 1. The molecule has 0 atom stereocenters. The van der Waals surface area contributed by atoms with E-state index in [0.717, 1.165) is 27.6 Å². The lowest BCUT2D eigenvalue weighted by molar-refractivity contribution is 0.0702. The molecule has 0 aliphatic heterocycles. The van der Waals surface area contributed by atoms with Crippen molar-refractivity contribution in [1.29, 1.82) is 0 Å². The molecule has 3 rings (SSSR count). The maximum absolute atomic E-state index is 11.5. The van der Waals surface area contributed by atoms with Crippen LogP contribution in [0.15, 0.2) is 29.0 Å². The minimum absolute atomic E-state index is 0.230. The highest BCUT2D eigenvalue weighted by atomic mass is 32.1. The molecule has 112 valence electrons. The molecular formula is C15H13N3O3S. The van der Waals surface area contributed by atoms with Crippen LogP contribution in [0.5, 0.6) is 0 Å². The van der Waals surface area contributed by atoms with Gasteiger partial charge in [0.05, 0.1) is 16.4 Å². The van der Waals surface area contributed by atoms with Crippen LogP contribution in [-0.4, -0.2) is 26.2 Å². The second-order valence-electron chi connectivity index (χ2n) is 4.81. The Labute approximate surface area is 130 Å². The molecule has 3 aromatic rings. The molecule has 0 radical (unpaired) electrons. The average molecular weight is 315 g/mol. The van der Waals surface area contributed by atoms with E-state index in [1.165, 1.54) is 11.3 Å². The summed E-state index contributed by atoms with van der Waals surface area (Å²) in [6.45, 7) is 3.70. The lowest BCUT2D eigenvalue weighted by Crippen LogP contribution is -1.95. The first-order valence-corrected chi connectivity index (χ1v) is 7.43. The Bertz CT molecular complexity index is 804. The number of aryl methyl sites for hydroxylation is 2. The molecular weight excluding hydrogens is 302 g/mol. The van der Waals surface area contributed by atoms with Gasteiger partial charge in [-0.1, -0.05) is 5.16 Å². The third-order valence-corrected chi connectivity index (χ3v) is 4.37. The molecule has 0 fully saturated rings. The molecule has 0 aromatic carbocycles. The predicted molar refractivity (Wildman–Crippen MR) is 81.1 cm³/mol. The molecule has 3 heterocycles. The Hall–Kier alpha value is -2.54. The van der Waals surface area contributed by atoms with E-state index in [1.807, 2.05) is 13.8 Å². The first-order chi connectivity index (χ1) is 10.6. The highest BCUT2D eigenvalue weighted by molar-refractivity contribution is 7.14. The van der Waals surface area contributed by atoms with Crippen LogP contribution in [-0.2, 0) is 6.42 Å². The van der Waals surface area contributed by atoms with Crippen molar-refractivity contribution in [3.63, 3.8) is 0 Å². The van der Waals surface area contributed by atoms with Crippen molar-refractivity contribution < 1.29 is 14.4 Å². The highest BCUT2D eigenvalue weighted by Crippen LogP contribution is 2.30. The van der Waals surface area contributed by atoms with E-state index in [4.69, 9.17) is 4.52 Å². The molecule has 0 bridgehead atoms. The monoisotopic (exact) mass is 315 g/mol. The van der Waals surface area contributed by atoms with Gasteiger partial charge in [0.25, 0.3) is 0 Å². The topological polar surface area (TPSA) is 89.1 Å². The normalized spacial score (nSPS) is 10.8. The van der Waals surface area contributed by atoms with Gasteiger partial charge in [0, 0.05) is 29.9 Å². The zero-order chi connectivity index (χ0) is 15.7. The quantitative estimate of drug-likeness (QED) is 0.795. The van der Waals surface area contributed by atoms with Gasteiger partial charge in [0.1, 0.15) is 10.6 Å².